The molecule has 2 aromatic rings. The highest BCUT2D eigenvalue weighted by atomic mass is 32.1. The van der Waals surface area contributed by atoms with Gasteiger partial charge in [-0.15, -0.1) is 11.3 Å². The molecule has 0 saturated carbocycles. The molecule has 2 aromatic heterocycles. The molecule has 1 aliphatic rings. The highest BCUT2D eigenvalue weighted by molar-refractivity contribution is 7.15. The van der Waals surface area contributed by atoms with Crippen molar-refractivity contribution in [1.82, 2.24) is 10.1 Å². The summed E-state index contributed by atoms with van der Waals surface area (Å²) in [7, 11) is 0. The molecular formula is C14H13F3N2O3S. The van der Waals surface area contributed by atoms with E-state index in [9.17, 15) is 18.0 Å². The Morgan fingerprint density at radius 3 is 2.70 bits per heavy atom. The van der Waals surface area contributed by atoms with Gasteiger partial charge in [-0.1, -0.05) is 5.16 Å². The molecular weight excluding hydrogens is 333 g/mol. The van der Waals surface area contributed by atoms with Gasteiger partial charge in [0.2, 0.25) is 5.82 Å². The zero-order chi connectivity index (χ0) is 16.7. The summed E-state index contributed by atoms with van der Waals surface area (Å²) in [4.78, 5) is 16.8. The van der Waals surface area contributed by atoms with Crippen LogP contribution in [0.25, 0.3) is 10.7 Å². The lowest BCUT2D eigenvalue weighted by Crippen LogP contribution is -2.46. The zero-order valence-electron chi connectivity index (χ0n) is 12.1. The molecule has 0 spiro atoms. The van der Waals surface area contributed by atoms with Crippen LogP contribution in [0.1, 0.15) is 24.1 Å². The monoisotopic (exact) mass is 346 g/mol. The first-order valence-corrected chi connectivity index (χ1v) is 7.71. The third kappa shape index (κ3) is 3.30. The molecule has 0 bridgehead atoms. The average Bonchev–Trinajstić information content (AvgIpc) is 3.09. The molecule has 0 aliphatic carbocycles. The van der Waals surface area contributed by atoms with Gasteiger partial charge < -0.3 is 9.26 Å². The number of Topliss-reactive ketones (excluding diaryl/α,β-unsaturated/α-hetero) is 1. The highest BCUT2D eigenvalue weighted by Crippen LogP contribution is 2.33. The molecule has 0 atom stereocenters. The molecule has 5 nitrogen and oxygen atoms in total. The summed E-state index contributed by atoms with van der Waals surface area (Å²) in [5.74, 6) is -1.33. The minimum absolute atomic E-state index is 0.0979. The largest absolute Gasteiger partial charge is 0.471 e. The van der Waals surface area contributed by atoms with E-state index in [-0.39, 0.29) is 11.6 Å². The fourth-order valence-electron chi connectivity index (χ4n) is 2.18. The number of carbonyl (C=O) groups is 1. The maximum absolute atomic E-state index is 12.4. The fourth-order valence-corrected chi connectivity index (χ4v) is 3.11. The van der Waals surface area contributed by atoms with Crippen molar-refractivity contribution >= 4 is 17.1 Å². The van der Waals surface area contributed by atoms with Crippen LogP contribution in [0.2, 0.25) is 0 Å². The predicted molar refractivity (Wildman–Crippen MR) is 74.9 cm³/mol. The Balaban J connectivity index is 1.64. The van der Waals surface area contributed by atoms with Gasteiger partial charge in [0.15, 0.2) is 0 Å². The fraction of sp³-hybridized carbons (Fsp3) is 0.500. The lowest BCUT2D eigenvalue weighted by Gasteiger charge is -2.36. The summed E-state index contributed by atoms with van der Waals surface area (Å²) >= 11 is 1.25. The Bertz CT molecular complexity index is 719. The Hall–Kier alpha value is -1.74. The maximum atomic E-state index is 12.4. The molecule has 9 heteroatoms. The van der Waals surface area contributed by atoms with E-state index in [0.717, 1.165) is 4.88 Å². The van der Waals surface area contributed by atoms with Crippen molar-refractivity contribution in [2.24, 2.45) is 5.41 Å². The van der Waals surface area contributed by atoms with Crippen LogP contribution in [0.3, 0.4) is 0 Å². The first-order chi connectivity index (χ1) is 10.8. The van der Waals surface area contributed by atoms with Crippen molar-refractivity contribution in [1.29, 1.82) is 0 Å². The normalized spacial score (nSPS) is 17.0. The van der Waals surface area contributed by atoms with Gasteiger partial charge in [0.1, 0.15) is 5.78 Å². The predicted octanol–water partition coefficient (Wildman–Crippen LogP) is 3.36. The molecule has 1 fully saturated rings. The summed E-state index contributed by atoms with van der Waals surface area (Å²) in [6.07, 6.45) is -3.75. The molecule has 1 saturated heterocycles. The summed E-state index contributed by atoms with van der Waals surface area (Å²) in [6, 6.07) is 3.39. The van der Waals surface area contributed by atoms with Gasteiger partial charge >= 0.3 is 12.1 Å². The number of hydrogen-bond acceptors (Lipinski definition) is 6. The van der Waals surface area contributed by atoms with Crippen LogP contribution in [0.4, 0.5) is 13.2 Å². The van der Waals surface area contributed by atoms with E-state index in [1.807, 2.05) is 6.92 Å². The molecule has 0 aromatic carbocycles. The lowest BCUT2D eigenvalue weighted by atomic mass is 9.82. The number of carbonyl (C=O) groups excluding carboxylic acids is 1. The molecule has 0 radical (unpaired) electrons. The van der Waals surface area contributed by atoms with Crippen molar-refractivity contribution in [3.63, 3.8) is 0 Å². The molecule has 3 rings (SSSR count). The van der Waals surface area contributed by atoms with Gasteiger partial charge in [-0.25, -0.2) is 0 Å². The number of hydrogen-bond donors (Lipinski definition) is 0. The average molecular weight is 346 g/mol. The maximum Gasteiger partial charge on any atom is 0.471 e. The van der Waals surface area contributed by atoms with E-state index < -0.39 is 17.5 Å². The van der Waals surface area contributed by atoms with Crippen molar-refractivity contribution in [2.75, 3.05) is 13.2 Å². The van der Waals surface area contributed by atoms with Crippen LogP contribution < -0.4 is 0 Å². The second kappa shape index (κ2) is 5.72. The molecule has 1 aliphatic heterocycles. The van der Waals surface area contributed by atoms with Crippen LogP contribution in [-0.4, -0.2) is 29.1 Å². The van der Waals surface area contributed by atoms with Gasteiger partial charge in [-0.3, -0.25) is 4.79 Å². The number of alkyl halides is 3. The number of aryl methyl sites for hydroxylation is 1. The summed E-state index contributed by atoms with van der Waals surface area (Å²) in [5.41, 5.74) is -0.393. The summed E-state index contributed by atoms with van der Waals surface area (Å²) in [6.45, 7) is 2.77. The number of aromatic nitrogens is 2. The van der Waals surface area contributed by atoms with Gasteiger partial charge in [0.25, 0.3) is 0 Å². The molecule has 0 amide bonds. The second-order valence-electron chi connectivity index (χ2n) is 5.66. The minimum Gasteiger partial charge on any atom is -0.379 e. The number of rotatable bonds is 5. The zero-order valence-corrected chi connectivity index (χ0v) is 13.0. The Morgan fingerprint density at radius 2 is 2.13 bits per heavy atom. The van der Waals surface area contributed by atoms with Crippen molar-refractivity contribution < 1.29 is 27.2 Å². The molecule has 0 unspecified atom stereocenters. The van der Waals surface area contributed by atoms with Crippen molar-refractivity contribution in [2.45, 2.75) is 25.9 Å². The van der Waals surface area contributed by atoms with Gasteiger partial charge in [0.05, 0.1) is 23.5 Å². The standard InChI is InChI=1S/C14H13F3N2O3S/c1-13(6-21-7-13)10(20)5-3-8-2-4-9(23-8)11-18-12(22-19-11)14(15,16)17/h2,4H,3,5-7H2,1H3. The number of ether oxygens (including phenoxy) is 1. The Labute approximate surface area is 133 Å². The molecule has 3 heterocycles. The number of halogens is 3. The SMILES string of the molecule is CC1(C(=O)CCc2ccc(-c3noc(C(F)(F)F)n3)s2)COC1. The summed E-state index contributed by atoms with van der Waals surface area (Å²) in [5, 5.41) is 3.34. The molecule has 124 valence electrons. The third-order valence-electron chi connectivity index (χ3n) is 3.66. The Kier molecular flexibility index (Phi) is 4.01. The topological polar surface area (TPSA) is 65.2 Å². The summed E-state index contributed by atoms with van der Waals surface area (Å²) < 4.78 is 46.6. The van der Waals surface area contributed by atoms with E-state index in [1.165, 1.54) is 11.3 Å². The van der Waals surface area contributed by atoms with Crippen LogP contribution >= 0.6 is 11.3 Å². The molecule has 0 N–H and O–H groups in total. The Morgan fingerprint density at radius 1 is 1.39 bits per heavy atom. The van der Waals surface area contributed by atoms with E-state index in [4.69, 9.17) is 4.74 Å². The smallest absolute Gasteiger partial charge is 0.379 e. The number of thiophene rings is 1. The van der Waals surface area contributed by atoms with Gasteiger partial charge in [-0.05, 0) is 25.5 Å². The van der Waals surface area contributed by atoms with Crippen molar-refractivity contribution in [3.8, 4) is 10.7 Å². The van der Waals surface area contributed by atoms with E-state index in [0.29, 0.717) is 30.9 Å². The second-order valence-corrected chi connectivity index (χ2v) is 6.83. The number of ketones is 1. The van der Waals surface area contributed by atoms with Gasteiger partial charge in [-0.2, -0.15) is 18.2 Å². The highest BCUT2D eigenvalue weighted by Gasteiger charge is 2.40. The first kappa shape index (κ1) is 16.1. The van der Waals surface area contributed by atoms with Crippen molar-refractivity contribution in [3.05, 3.63) is 22.9 Å². The van der Waals surface area contributed by atoms with Crippen LogP contribution in [0, 0.1) is 5.41 Å². The van der Waals surface area contributed by atoms with E-state index >= 15 is 0 Å². The third-order valence-corrected chi connectivity index (χ3v) is 4.80. The van der Waals surface area contributed by atoms with Crippen LogP contribution in [-0.2, 0) is 22.1 Å². The first-order valence-electron chi connectivity index (χ1n) is 6.89. The van der Waals surface area contributed by atoms with E-state index in [2.05, 4.69) is 14.7 Å². The quantitative estimate of drug-likeness (QED) is 0.831. The van der Waals surface area contributed by atoms with Crippen LogP contribution in [0.15, 0.2) is 16.7 Å². The van der Waals surface area contributed by atoms with Crippen LogP contribution in [0.5, 0.6) is 0 Å². The minimum atomic E-state index is -4.65. The lowest BCUT2D eigenvalue weighted by molar-refractivity contribution is -0.159. The molecule has 23 heavy (non-hydrogen) atoms. The van der Waals surface area contributed by atoms with Gasteiger partial charge in [0, 0.05) is 11.3 Å². The number of nitrogens with zero attached hydrogens (tertiary/aromatic N) is 2. The van der Waals surface area contributed by atoms with E-state index in [1.54, 1.807) is 12.1 Å².